The monoisotopic (exact) mass is 307 g/mol. The second-order valence-electron chi connectivity index (χ2n) is 5.30. The standard InChI is InChI=1S/C14H17N3OS2/c15-12(18)14(16)7-3-4-9(8-14)19-13-17-10-5-1-2-6-11(10)20-13/h1-2,5-6,9H,3-4,7-8,16H2,(H2,15,18). The van der Waals surface area contributed by atoms with Gasteiger partial charge >= 0.3 is 0 Å². The van der Waals surface area contributed by atoms with Crippen LogP contribution in [0.3, 0.4) is 0 Å². The lowest BCUT2D eigenvalue weighted by Gasteiger charge is -2.34. The predicted octanol–water partition coefficient (Wildman–Crippen LogP) is 2.51. The molecule has 2 aromatic rings. The highest BCUT2D eigenvalue weighted by atomic mass is 32.2. The van der Waals surface area contributed by atoms with Crippen molar-refractivity contribution >= 4 is 39.2 Å². The van der Waals surface area contributed by atoms with Crippen molar-refractivity contribution in [2.45, 2.75) is 40.8 Å². The molecule has 0 aliphatic heterocycles. The van der Waals surface area contributed by atoms with Crippen LogP contribution in [0.2, 0.25) is 0 Å². The van der Waals surface area contributed by atoms with Crippen LogP contribution < -0.4 is 11.5 Å². The van der Waals surface area contributed by atoms with Crippen LogP contribution in [0.15, 0.2) is 28.6 Å². The number of nitrogens with zero attached hydrogens (tertiary/aromatic N) is 1. The van der Waals surface area contributed by atoms with E-state index in [0.29, 0.717) is 18.1 Å². The van der Waals surface area contributed by atoms with Gasteiger partial charge in [0.05, 0.1) is 15.8 Å². The fraction of sp³-hybridized carbons (Fsp3) is 0.429. The number of carbonyl (C=O) groups is 1. The summed E-state index contributed by atoms with van der Waals surface area (Å²) >= 11 is 3.42. The Bertz CT molecular complexity index is 609. The van der Waals surface area contributed by atoms with Gasteiger partial charge in [0.1, 0.15) is 0 Å². The number of thiazole rings is 1. The maximum Gasteiger partial charge on any atom is 0.237 e. The first-order valence-corrected chi connectivity index (χ1v) is 8.37. The summed E-state index contributed by atoms with van der Waals surface area (Å²) in [6, 6.07) is 8.12. The molecule has 1 aromatic heterocycles. The molecule has 1 aromatic carbocycles. The Morgan fingerprint density at radius 2 is 2.25 bits per heavy atom. The van der Waals surface area contributed by atoms with E-state index in [1.165, 1.54) is 4.70 Å². The summed E-state index contributed by atoms with van der Waals surface area (Å²) in [5.74, 6) is -0.382. The van der Waals surface area contributed by atoms with Crippen molar-refractivity contribution in [3.05, 3.63) is 24.3 Å². The Kier molecular flexibility index (Phi) is 3.70. The number of aromatic nitrogens is 1. The Balaban J connectivity index is 1.75. The smallest absolute Gasteiger partial charge is 0.237 e. The number of thioether (sulfide) groups is 1. The number of rotatable bonds is 3. The van der Waals surface area contributed by atoms with Gasteiger partial charge in [-0.25, -0.2) is 4.98 Å². The molecule has 3 rings (SSSR count). The van der Waals surface area contributed by atoms with Crippen LogP contribution in [0.25, 0.3) is 10.2 Å². The molecule has 6 heteroatoms. The van der Waals surface area contributed by atoms with Gasteiger partial charge in [-0.1, -0.05) is 23.9 Å². The molecule has 1 heterocycles. The van der Waals surface area contributed by atoms with Crippen LogP contribution in [0, 0.1) is 0 Å². The summed E-state index contributed by atoms with van der Waals surface area (Å²) in [4.78, 5) is 16.1. The van der Waals surface area contributed by atoms with Crippen molar-refractivity contribution in [3.63, 3.8) is 0 Å². The zero-order valence-corrected chi connectivity index (χ0v) is 12.7. The predicted molar refractivity (Wildman–Crippen MR) is 83.8 cm³/mol. The molecular formula is C14H17N3OS2. The number of carbonyl (C=O) groups excluding carboxylic acids is 1. The molecule has 1 aliphatic carbocycles. The molecule has 2 unspecified atom stereocenters. The zero-order chi connectivity index (χ0) is 14.2. The summed E-state index contributed by atoms with van der Waals surface area (Å²) in [5.41, 5.74) is 11.7. The first-order chi connectivity index (χ1) is 9.57. The van der Waals surface area contributed by atoms with Crippen LogP contribution in [0.4, 0.5) is 0 Å². The van der Waals surface area contributed by atoms with Gasteiger partial charge in [0, 0.05) is 5.25 Å². The SMILES string of the molecule is NC(=O)C1(N)CCCC(Sc2nc3ccccc3s2)C1. The Morgan fingerprint density at radius 1 is 1.45 bits per heavy atom. The van der Waals surface area contributed by atoms with E-state index in [4.69, 9.17) is 11.5 Å². The van der Waals surface area contributed by atoms with Gasteiger partial charge in [-0.3, -0.25) is 4.79 Å². The molecule has 0 bridgehead atoms. The third-order valence-corrected chi connectivity index (χ3v) is 6.17. The van der Waals surface area contributed by atoms with Crippen molar-refractivity contribution in [1.29, 1.82) is 0 Å². The van der Waals surface area contributed by atoms with Crippen LogP contribution in [0.1, 0.15) is 25.7 Å². The van der Waals surface area contributed by atoms with E-state index in [2.05, 4.69) is 11.1 Å². The number of para-hydroxylation sites is 1. The number of hydrogen-bond acceptors (Lipinski definition) is 5. The number of amides is 1. The number of nitrogens with two attached hydrogens (primary N) is 2. The number of primary amides is 1. The van der Waals surface area contributed by atoms with Crippen molar-refractivity contribution < 1.29 is 4.79 Å². The van der Waals surface area contributed by atoms with Crippen molar-refractivity contribution in [3.8, 4) is 0 Å². The first kappa shape index (κ1) is 13.9. The quantitative estimate of drug-likeness (QED) is 0.913. The van der Waals surface area contributed by atoms with E-state index in [1.807, 2.05) is 18.2 Å². The maximum atomic E-state index is 11.5. The molecule has 106 valence electrons. The molecule has 0 radical (unpaired) electrons. The molecule has 1 amide bonds. The molecule has 1 saturated carbocycles. The third-order valence-electron chi connectivity index (χ3n) is 3.77. The second kappa shape index (κ2) is 5.35. The highest BCUT2D eigenvalue weighted by Crippen LogP contribution is 2.39. The maximum absolute atomic E-state index is 11.5. The molecular weight excluding hydrogens is 290 g/mol. The van der Waals surface area contributed by atoms with E-state index >= 15 is 0 Å². The van der Waals surface area contributed by atoms with Gasteiger partial charge in [-0.2, -0.15) is 0 Å². The lowest BCUT2D eigenvalue weighted by molar-refractivity contribution is -0.124. The van der Waals surface area contributed by atoms with E-state index < -0.39 is 5.54 Å². The minimum Gasteiger partial charge on any atom is -0.368 e. The van der Waals surface area contributed by atoms with Gasteiger partial charge in [0.2, 0.25) is 5.91 Å². The van der Waals surface area contributed by atoms with Crippen molar-refractivity contribution in [2.24, 2.45) is 11.5 Å². The fourth-order valence-electron chi connectivity index (χ4n) is 2.62. The highest BCUT2D eigenvalue weighted by Gasteiger charge is 2.38. The summed E-state index contributed by atoms with van der Waals surface area (Å²) in [6.45, 7) is 0. The minimum atomic E-state index is -0.841. The Labute approximate surface area is 125 Å². The van der Waals surface area contributed by atoms with E-state index in [-0.39, 0.29) is 5.91 Å². The van der Waals surface area contributed by atoms with Gasteiger partial charge in [-0.15, -0.1) is 11.3 Å². The number of benzene rings is 1. The molecule has 4 N–H and O–H groups in total. The lowest BCUT2D eigenvalue weighted by atomic mass is 9.82. The summed E-state index contributed by atoms with van der Waals surface area (Å²) in [5, 5.41) is 0.321. The number of hydrogen-bond donors (Lipinski definition) is 2. The van der Waals surface area contributed by atoms with Gasteiger partial charge in [0.25, 0.3) is 0 Å². The second-order valence-corrected chi connectivity index (χ2v) is 7.88. The summed E-state index contributed by atoms with van der Waals surface area (Å²) < 4.78 is 2.24. The molecule has 4 nitrogen and oxygen atoms in total. The molecule has 0 spiro atoms. The largest absolute Gasteiger partial charge is 0.368 e. The lowest BCUT2D eigenvalue weighted by Crippen LogP contribution is -2.55. The van der Waals surface area contributed by atoms with Crippen molar-refractivity contribution in [1.82, 2.24) is 4.98 Å². The van der Waals surface area contributed by atoms with Gasteiger partial charge in [0.15, 0.2) is 4.34 Å². The average molecular weight is 307 g/mol. The van der Waals surface area contributed by atoms with Crippen molar-refractivity contribution in [2.75, 3.05) is 0 Å². The van der Waals surface area contributed by atoms with Crippen LogP contribution >= 0.6 is 23.1 Å². The first-order valence-electron chi connectivity index (χ1n) is 6.68. The average Bonchev–Trinajstić information content (AvgIpc) is 2.80. The zero-order valence-electron chi connectivity index (χ0n) is 11.0. The normalized spacial score (nSPS) is 26.8. The molecule has 0 saturated heterocycles. The van der Waals surface area contributed by atoms with Crippen LogP contribution in [0.5, 0.6) is 0 Å². The van der Waals surface area contributed by atoms with Gasteiger partial charge < -0.3 is 11.5 Å². The van der Waals surface area contributed by atoms with Crippen LogP contribution in [-0.2, 0) is 4.79 Å². The highest BCUT2D eigenvalue weighted by molar-refractivity contribution is 8.01. The van der Waals surface area contributed by atoms with Crippen LogP contribution in [-0.4, -0.2) is 21.7 Å². The Morgan fingerprint density at radius 3 is 3.00 bits per heavy atom. The van der Waals surface area contributed by atoms with Gasteiger partial charge in [-0.05, 0) is 37.8 Å². The molecule has 2 atom stereocenters. The summed E-state index contributed by atoms with van der Waals surface area (Å²) in [7, 11) is 0. The van der Waals surface area contributed by atoms with E-state index in [0.717, 1.165) is 22.7 Å². The fourth-order valence-corrected chi connectivity index (χ4v) is 5.29. The molecule has 20 heavy (non-hydrogen) atoms. The van der Waals surface area contributed by atoms with E-state index in [1.54, 1.807) is 23.1 Å². The Hall–Kier alpha value is -1.11. The molecule has 1 aliphatic rings. The summed E-state index contributed by atoms with van der Waals surface area (Å²) in [6.07, 6.45) is 3.34. The number of fused-ring (bicyclic) bond motifs is 1. The topological polar surface area (TPSA) is 82.0 Å². The molecule has 1 fully saturated rings. The third kappa shape index (κ3) is 2.68. The van der Waals surface area contributed by atoms with E-state index in [9.17, 15) is 4.79 Å². The minimum absolute atomic E-state index is 0.321.